The molecule has 0 aliphatic carbocycles. The average molecular weight is 212 g/mol. The highest BCUT2D eigenvalue weighted by molar-refractivity contribution is 6.35. The molecule has 0 aliphatic rings. The SMILES string of the molecule is Bc1cc(C)cnc1Nc1ccccc1O. The third-order valence-electron chi connectivity index (χ3n) is 2.37. The monoisotopic (exact) mass is 212 g/mol. The quantitative estimate of drug-likeness (QED) is 0.578. The van der Waals surface area contributed by atoms with Crippen LogP contribution in [-0.4, -0.2) is 17.9 Å². The zero-order valence-corrected chi connectivity index (χ0v) is 9.36. The molecule has 0 radical (unpaired) electrons. The van der Waals surface area contributed by atoms with E-state index >= 15 is 0 Å². The number of aryl methyl sites for hydroxylation is 1. The number of phenols is 1. The van der Waals surface area contributed by atoms with Crippen LogP contribution in [0.5, 0.6) is 5.75 Å². The van der Waals surface area contributed by atoms with Crippen molar-refractivity contribution >= 4 is 24.8 Å². The normalized spacial score (nSPS) is 10.1. The predicted octanol–water partition coefficient (Wildman–Crippen LogP) is 1.10. The van der Waals surface area contributed by atoms with Crippen LogP contribution in [-0.2, 0) is 0 Å². The van der Waals surface area contributed by atoms with E-state index in [1.165, 1.54) is 0 Å². The van der Waals surface area contributed by atoms with Gasteiger partial charge in [0.05, 0.1) is 5.69 Å². The maximum Gasteiger partial charge on any atom is 0.144 e. The average Bonchev–Trinajstić information content (AvgIpc) is 2.25. The molecule has 0 unspecified atom stereocenters. The summed E-state index contributed by atoms with van der Waals surface area (Å²) >= 11 is 0. The van der Waals surface area contributed by atoms with Crippen molar-refractivity contribution in [2.75, 3.05) is 5.32 Å². The highest BCUT2D eigenvalue weighted by atomic mass is 16.3. The summed E-state index contributed by atoms with van der Waals surface area (Å²) in [4.78, 5) is 4.29. The number of nitrogens with one attached hydrogen (secondary N) is 1. The lowest BCUT2D eigenvalue weighted by Gasteiger charge is -2.10. The zero-order chi connectivity index (χ0) is 11.5. The van der Waals surface area contributed by atoms with Crippen molar-refractivity contribution in [1.29, 1.82) is 0 Å². The largest absolute Gasteiger partial charge is 0.506 e. The lowest BCUT2D eigenvalue weighted by molar-refractivity contribution is 0.478. The van der Waals surface area contributed by atoms with Crippen LogP contribution >= 0.6 is 0 Å². The number of benzene rings is 1. The number of hydrogen-bond donors (Lipinski definition) is 2. The number of aromatic hydroxyl groups is 1. The van der Waals surface area contributed by atoms with Crippen molar-refractivity contribution in [3.8, 4) is 5.75 Å². The summed E-state index contributed by atoms with van der Waals surface area (Å²) in [5.74, 6) is 0.997. The smallest absolute Gasteiger partial charge is 0.144 e. The van der Waals surface area contributed by atoms with E-state index in [0.29, 0.717) is 5.69 Å². The van der Waals surface area contributed by atoms with E-state index in [-0.39, 0.29) is 5.75 Å². The first-order chi connectivity index (χ1) is 7.66. The van der Waals surface area contributed by atoms with Crippen LogP contribution in [0.4, 0.5) is 11.5 Å². The molecule has 2 aromatic rings. The molecule has 1 heterocycles. The number of aromatic nitrogens is 1. The van der Waals surface area contributed by atoms with Gasteiger partial charge in [-0.3, -0.25) is 0 Å². The summed E-state index contributed by atoms with van der Waals surface area (Å²) in [7, 11) is 1.99. The van der Waals surface area contributed by atoms with E-state index in [4.69, 9.17) is 0 Å². The topological polar surface area (TPSA) is 45.2 Å². The number of para-hydroxylation sites is 2. The third kappa shape index (κ3) is 2.16. The summed E-state index contributed by atoms with van der Waals surface area (Å²) in [6, 6.07) is 9.17. The van der Waals surface area contributed by atoms with Gasteiger partial charge in [0.2, 0.25) is 0 Å². The van der Waals surface area contributed by atoms with E-state index in [2.05, 4.69) is 16.4 Å². The van der Waals surface area contributed by atoms with Crippen LogP contribution < -0.4 is 10.8 Å². The first-order valence-electron chi connectivity index (χ1n) is 5.15. The number of rotatable bonds is 2. The van der Waals surface area contributed by atoms with Crippen LogP contribution in [0.2, 0.25) is 0 Å². The second kappa shape index (κ2) is 4.27. The molecule has 16 heavy (non-hydrogen) atoms. The minimum Gasteiger partial charge on any atom is -0.506 e. The molecule has 1 aromatic heterocycles. The standard InChI is InChI=1S/C12H13BN2O/c1-8-6-9(13)12(14-7-8)15-10-4-2-3-5-11(10)16/h2-7,16H,13H2,1H3,(H,14,15). The molecule has 0 saturated carbocycles. The summed E-state index contributed by atoms with van der Waals surface area (Å²) < 4.78 is 0. The number of hydrogen-bond acceptors (Lipinski definition) is 3. The lowest BCUT2D eigenvalue weighted by atomic mass is 9.95. The Balaban J connectivity index is 2.31. The Kier molecular flexibility index (Phi) is 2.81. The van der Waals surface area contributed by atoms with Gasteiger partial charge >= 0.3 is 0 Å². The second-order valence-corrected chi connectivity index (χ2v) is 3.82. The minimum atomic E-state index is 0.226. The van der Waals surface area contributed by atoms with Crippen molar-refractivity contribution in [3.05, 3.63) is 42.1 Å². The fraction of sp³-hybridized carbons (Fsp3) is 0.0833. The van der Waals surface area contributed by atoms with Crippen LogP contribution in [0, 0.1) is 6.92 Å². The van der Waals surface area contributed by atoms with Crippen LogP contribution in [0.15, 0.2) is 36.5 Å². The Hall–Kier alpha value is -1.97. The van der Waals surface area contributed by atoms with Gasteiger partial charge in [0.15, 0.2) is 0 Å². The van der Waals surface area contributed by atoms with Gasteiger partial charge < -0.3 is 10.4 Å². The molecule has 0 atom stereocenters. The van der Waals surface area contributed by atoms with E-state index in [1.807, 2.05) is 26.9 Å². The van der Waals surface area contributed by atoms with Crippen molar-refractivity contribution in [3.63, 3.8) is 0 Å². The molecule has 0 spiro atoms. The number of phenolic OH excluding ortho intramolecular Hbond substituents is 1. The Morgan fingerprint density at radius 1 is 1.31 bits per heavy atom. The second-order valence-electron chi connectivity index (χ2n) is 3.82. The molecule has 0 fully saturated rings. The predicted molar refractivity (Wildman–Crippen MR) is 68.5 cm³/mol. The molecular weight excluding hydrogens is 199 g/mol. The van der Waals surface area contributed by atoms with Gasteiger partial charge in [-0.05, 0) is 30.1 Å². The number of nitrogens with zero attached hydrogens (tertiary/aromatic N) is 1. The Morgan fingerprint density at radius 2 is 2.06 bits per heavy atom. The van der Waals surface area contributed by atoms with E-state index < -0.39 is 0 Å². The van der Waals surface area contributed by atoms with Crippen molar-refractivity contribution < 1.29 is 5.11 Å². The van der Waals surface area contributed by atoms with Crippen molar-refractivity contribution in [2.24, 2.45) is 0 Å². The summed E-state index contributed by atoms with van der Waals surface area (Å²) in [6.45, 7) is 2.00. The van der Waals surface area contributed by atoms with Gasteiger partial charge in [-0.2, -0.15) is 0 Å². The van der Waals surface area contributed by atoms with Crippen LogP contribution in [0.3, 0.4) is 0 Å². The maximum atomic E-state index is 9.63. The van der Waals surface area contributed by atoms with Gasteiger partial charge in [0, 0.05) is 6.20 Å². The van der Waals surface area contributed by atoms with Gasteiger partial charge in [-0.25, -0.2) is 4.98 Å². The molecule has 2 N–H and O–H groups in total. The fourth-order valence-electron chi connectivity index (χ4n) is 1.55. The molecule has 1 aromatic carbocycles. The molecule has 80 valence electrons. The molecule has 0 saturated heterocycles. The highest BCUT2D eigenvalue weighted by Crippen LogP contribution is 2.23. The maximum absolute atomic E-state index is 9.63. The third-order valence-corrected chi connectivity index (χ3v) is 2.37. The van der Waals surface area contributed by atoms with Crippen LogP contribution in [0.1, 0.15) is 5.56 Å². The van der Waals surface area contributed by atoms with E-state index in [1.54, 1.807) is 18.3 Å². The van der Waals surface area contributed by atoms with Gasteiger partial charge in [-0.1, -0.05) is 18.2 Å². The molecule has 2 rings (SSSR count). The molecular formula is C12H13BN2O. The molecule has 0 amide bonds. The zero-order valence-electron chi connectivity index (χ0n) is 9.36. The van der Waals surface area contributed by atoms with E-state index in [9.17, 15) is 5.11 Å². The fourth-order valence-corrected chi connectivity index (χ4v) is 1.55. The minimum absolute atomic E-state index is 0.226. The molecule has 0 aliphatic heterocycles. The summed E-state index contributed by atoms with van der Waals surface area (Å²) in [5.41, 5.74) is 2.85. The molecule has 3 nitrogen and oxygen atoms in total. The van der Waals surface area contributed by atoms with Gasteiger partial charge in [0.1, 0.15) is 19.4 Å². The Bertz CT molecular complexity index is 514. The van der Waals surface area contributed by atoms with E-state index in [0.717, 1.165) is 16.8 Å². The van der Waals surface area contributed by atoms with Crippen molar-refractivity contribution in [2.45, 2.75) is 6.92 Å². The first-order valence-corrected chi connectivity index (χ1v) is 5.15. The summed E-state index contributed by atoms with van der Waals surface area (Å²) in [5, 5.41) is 12.7. The van der Waals surface area contributed by atoms with Crippen LogP contribution in [0.25, 0.3) is 0 Å². The van der Waals surface area contributed by atoms with Gasteiger partial charge in [0.25, 0.3) is 0 Å². The Morgan fingerprint density at radius 3 is 2.75 bits per heavy atom. The number of anilines is 2. The molecule has 4 heteroatoms. The lowest BCUT2D eigenvalue weighted by Crippen LogP contribution is -2.12. The van der Waals surface area contributed by atoms with Gasteiger partial charge in [-0.15, -0.1) is 0 Å². The first kappa shape index (κ1) is 10.5. The highest BCUT2D eigenvalue weighted by Gasteiger charge is 2.03. The number of pyridine rings is 1. The van der Waals surface area contributed by atoms with Crippen molar-refractivity contribution in [1.82, 2.24) is 4.98 Å². The Labute approximate surface area is 95.6 Å². The molecule has 0 bridgehead atoms. The summed E-state index contributed by atoms with van der Waals surface area (Å²) in [6.07, 6.45) is 1.80.